The van der Waals surface area contributed by atoms with E-state index in [1.807, 2.05) is 60.8 Å². The van der Waals surface area contributed by atoms with E-state index < -0.39 is 0 Å². The number of rotatable bonds is 4. The fourth-order valence-corrected chi connectivity index (χ4v) is 3.67. The molecule has 2 amide bonds. The Hall–Kier alpha value is -3.08. The number of nitrogens with one attached hydrogen (secondary N) is 2. The number of fused-ring (bicyclic) bond motifs is 1. The quantitative estimate of drug-likeness (QED) is 0.749. The summed E-state index contributed by atoms with van der Waals surface area (Å²) >= 11 is 0. The summed E-state index contributed by atoms with van der Waals surface area (Å²) < 4.78 is 0. The van der Waals surface area contributed by atoms with Gasteiger partial charge in [0.1, 0.15) is 0 Å². The van der Waals surface area contributed by atoms with Crippen LogP contribution in [0.4, 0.5) is 0 Å². The SMILES string of the molecule is O=C(NCc1ccccc1)C1CCCN(C(=O)c2ccc3cc[nH]c3c2)C1. The third kappa shape index (κ3) is 3.87. The van der Waals surface area contributed by atoms with E-state index in [0.717, 1.165) is 29.3 Å². The molecule has 0 bridgehead atoms. The van der Waals surface area contributed by atoms with E-state index in [1.165, 1.54) is 0 Å². The zero-order chi connectivity index (χ0) is 18.6. The third-order valence-electron chi connectivity index (χ3n) is 5.19. The number of hydrogen-bond donors (Lipinski definition) is 2. The van der Waals surface area contributed by atoms with Gasteiger partial charge in [-0.3, -0.25) is 9.59 Å². The summed E-state index contributed by atoms with van der Waals surface area (Å²) in [5.41, 5.74) is 2.69. The molecule has 5 nitrogen and oxygen atoms in total. The van der Waals surface area contributed by atoms with Crippen molar-refractivity contribution < 1.29 is 9.59 Å². The number of benzene rings is 2. The number of amides is 2. The maximum atomic E-state index is 12.9. The van der Waals surface area contributed by atoms with Crippen molar-refractivity contribution in [1.29, 1.82) is 0 Å². The van der Waals surface area contributed by atoms with Crippen LogP contribution in [0.3, 0.4) is 0 Å². The Bertz CT molecular complexity index is 948. The molecular formula is C22H23N3O2. The van der Waals surface area contributed by atoms with Gasteiger partial charge in [-0.05, 0) is 42.0 Å². The summed E-state index contributed by atoms with van der Waals surface area (Å²) in [6.07, 6.45) is 3.53. The van der Waals surface area contributed by atoms with Gasteiger partial charge in [0.15, 0.2) is 0 Å². The molecule has 3 aromatic rings. The second-order valence-electron chi connectivity index (χ2n) is 7.07. The normalized spacial score (nSPS) is 17.0. The number of likely N-dealkylation sites (tertiary alicyclic amines) is 1. The summed E-state index contributed by atoms with van der Waals surface area (Å²) in [7, 11) is 0. The third-order valence-corrected chi connectivity index (χ3v) is 5.19. The van der Waals surface area contributed by atoms with Crippen LogP contribution in [0.1, 0.15) is 28.8 Å². The van der Waals surface area contributed by atoms with Gasteiger partial charge in [-0.1, -0.05) is 36.4 Å². The molecule has 1 aromatic heterocycles. The molecule has 1 aliphatic heterocycles. The Morgan fingerprint density at radius 1 is 1.11 bits per heavy atom. The van der Waals surface area contributed by atoms with E-state index in [0.29, 0.717) is 25.2 Å². The number of hydrogen-bond acceptors (Lipinski definition) is 2. The van der Waals surface area contributed by atoms with Gasteiger partial charge < -0.3 is 15.2 Å². The Morgan fingerprint density at radius 2 is 1.96 bits per heavy atom. The first-order valence-corrected chi connectivity index (χ1v) is 9.39. The number of carbonyl (C=O) groups excluding carboxylic acids is 2. The number of carbonyl (C=O) groups is 2. The van der Waals surface area contributed by atoms with Crippen molar-refractivity contribution in [2.24, 2.45) is 5.92 Å². The van der Waals surface area contributed by atoms with Crippen molar-refractivity contribution >= 4 is 22.7 Å². The predicted molar refractivity (Wildman–Crippen MR) is 105 cm³/mol. The Balaban J connectivity index is 1.39. The van der Waals surface area contributed by atoms with Gasteiger partial charge in [-0.15, -0.1) is 0 Å². The smallest absolute Gasteiger partial charge is 0.253 e. The van der Waals surface area contributed by atoms with E-state index in [4.69, 9.17) is 0 Å². The minimum absolute atomic E-state index is 0.00735. The lowest BCUT2D eigenvalue weighted by atomic mass is 9.96. The first-order valence-electron chi connectivity index (χ1n) is 9.39. The lowest BCUT2D eigenvalue weighted by Gasteiger charge is -2.32. The Labute approximate surface area is 158 Å². The van der Waals surface area contributed by atoms with Crippen LogP contribution in [-0.2, 0) is 11.3 Å². The monoisotopic (exact) mass is 361 g/mol. The molecule has 0 radical (unpaired) electrons. The topological polar surface area (TPSA) is 65.2 Å². The molecule has 0 saturated carbocycles. The van der Waals surface area contributed by atoms with Crippen molar-refractivity contribution in [2.75, 3.05) is 13.1 Å². The van der Waals surface area contributed by atoms with Crippen LogP contribution in [0.2, 0.25) is 0 Å². The van der Waals surface area contributed by atoms with Crippen LogP contribution >= 0.6 is 0 Å². The molecule has 2 N–H and O–H groups in total. The molecule has 1 atom stereocenters. The van der Waals surface area contributed by atoms with Crippen LogP contribution in [0.5, 0.6) is 0 Å². The molecule has 138 valence electrons. The van der Waals surface area contributed by atoms with Crippen molar-refractivity contribution in [3.8, 4) is 0 Å². The molecule has 4 rings (SSSR count). The molecule has 1 saturated heterocycles. The molecule has 1 fully saturated rings. The molecular weight excluding hydrogens is 338 g/mol. The highest BCUT2D eigenvalue weighted by molar-refractivity contribution is 5.98. The van der Waals surface area contributed by atoms with Gasteiger partial charge in [-0.2, -0.15) is 0 Å². The van der Waals surface area contributed by atoms with Crippen LogP contribution in [0.25, 0.3) is 10.9 Å². The van der Waals surface area contributed by atoms with Crippen LogP contribution in [-0.4, -0.2) is 34.8 Å². The molecule has 0 spiro atoms. The first kappa shape index (κ1) is 17.3. The second kappa shape index (κ2) is 7.66. The van der Waals surface area contributed by atoms with Crippen LogP contribution in [0.15, 0.2) is 60.8 Å². The Morgan fingerprint density at radius 3 is 2.81 bits per heavy atom. The number of H-pyrrole nitrogens is 1. The van der Waals surface area contributed by atoms with Crippen molar-refractivity contribution in [2.45, 2.75) is 19.4 Å². The maximum absolute atomic E-state index is 12.9. The van der Waals surface area contributed by atoms with Crippen LogP contribution in [0, 0.1) is 5.92 Å². The highest BCUT2D eigenvalue weighted by atomic mass is 16.2. The van der Waals surface area contributed by atoms with E-state index in [1.54, 1.807) is 4.90 Å². The zero-order valence-corrected chi connectivity index (χ0v) is 15.2. The minimum atomic E-state index is -0.152. The number of aromatic amines is 1. The fourth-order valence-electron chi connectivity index (χ4n) is 3.67. The lowest BCUT2D eigenvalue weighted by Crippen LogP contribution is -2.45. The highest BCUT2D eigenvalue weighted by Gasteiger charge is 2.28. The van der Waals surface area contributed by atoms with E-state index in [2.05, 4.69) is 10.3 Å². The van der Waals surface area contributed by atoms with Gasteiger partial charge in [0.05, 0.1) is 5.92 Å². The van der Waals surface area contributed by atoms with Gasteiger partial charge in [0.25, 0.3) is 5.91 Å². The maximum Gasteiger partial charge on any atom is 0.253 e. The molecule has 27 heavy (non-hydrogen) atoms. The predicted octanol–water partition coefficient (Wildman–Crippen LogP) is 3.34. The van der Waals surface area contributed by atoms with Gasteiger partial charge in [0.2, 0.25) is 5.91 Å². The van der Waals surface area contributed by atoms with Crippen molar-refractivity contribution in [3.63, 3.8) is 0 Å². The molecule has 1 unspecified atom stereocenters. The number of piperidine rings is 1. The van der Waals surface area contributed by atoms with Gasteiger partial charge in [0, 0.05) is 36.9 Å². The zero-order valence-electron chi connectivity index (χ0n) is 15.2. The fraction of sp³-hybridized carbons (Fsp3) is 0.273. The van der Waals surface area contributed by atoms with E-state index in [9.17, 15) is 9.59 Å². The summed E-state index contributed by atoms with van der Waals surface area (Å²) in [5, 5.41) is 4.09. The number of aromatic nitrogens is 1. The molecule has 2 aromatic carbocycles. The largest absolute Gasteiger partial charge is 0.361 e. The summed E-state index contributed by atoms with van der Waals surface area (Å²) in [4.78, 5) is 30.4. The van der Waals surface area contributed by atoms with Crippen molar-refractivity contribution in [1.82, 2.24) is 15.2 Å². The molecule has 1 aliphatic rings. The minimum Gasteiger partial charge on any atom is -0.361 e. The average molecular weight is 361 g/mol. The lowest BCUT2D eigenvalue weighted by molar-refractivity contribution is -0.126. The van der Waals surface area contributed by atoms with E-state index >= 15 is 0 Å². The van der Waals surface area contributed by atoms with Gasteiger partial charge in [-0.25, -0.2) is 0 Å². The molecule has 5 heteroatoms. The first-order chi connectivity index (χ1) is 13.2. The summed E-state index contributed by atoms with van der Waals surface area (Å²) in [6.45, 7) is 1.69. The van der Waals surface area contributed by atoms with Gasteiger partial charge >= 0.3 is 0 Å². The standard InChI is InChI=1S/C22H23N3O2/c26-21(24-14-16-5-2-1-3-6-16)19-7-4-12-25(15-19)22(27)18-9-8-17-10-11-23-20(17)13-18/h1-3,5-6,8-11,13,19,23H,4,7,12,14-15H2,(H,24,26). The second-order valence-corrected chi connectivity index (χ2v) is 7.07. The Kier molecular flexibility index (Phi) is 4.92. The van der Waals surface area contributed by atoms with Crippen molar-refractivity contribution in [3.05, 3.63) is 71.9 Å². The molecule has 2 heterocycles. The summed E-state index contributed by atoms with van der Waals surface area (Å²) in [5.74, 6) is -0.135. The summed E-state index contributed by atoms with van der Waals surface area (Å²) in [6, 6.07) is 17.5. The van der Waals surface area contributed by atoms with Crippen LogP contribution < -0.4 is 5.32 Å². The number of nitrogens with zero attached hydrogens (tertiary/aromatic N) is 1. The average Bonchev–Trinajstić information content (AvgIpc) is 3.20. The highest BCUT2D eigenvalue weighted by Crippen LogP contribution is 2.21. The van der Waals surface area contributed by atoms with E-state index in [-0.39, 0.29) is 17.7 Å². The molecule has 0 aliphatic carbocycles.